The van der Waals surface area contributed by atoms with Crippen LogP contribution in [0.25, 0.3) is 0 Å². The van der Waals surface area contributed by atoms with E-state index in [1.54, 1.807) is 6.07 Å². The summed E-state index contributed by atoms with van der Waals surface area (Å²) in [6.07, 6.45) is 7.08. The molecule has 2 N–H and O–H groups in total. The fourth-order valence-corrected chi connectivity index (χ4v) is 3.14. The summed E-state index contributed by atoms with van der Waals surface area (Å²) in [5, 5.41) is 0. The third kappa shape index (κ3) is 5.82. The second-order valence-electron chi connectivity index (χ2n) is 5.28. The molecule has 5 heteroatoms. The van der Waals surface area contributed by atoms with Crippen molar-refractivity contribution in [3.05, 3.63) is 28.8 Å². The minimum Gasteiger partial charge on any atom is -0.404 e. The highest BCUT2D eigenvalue weighted by atomic mass is 31.2. The largest absolute Gasteiger partial charge is 0.524 e. The SMILES string of the molecule is CCCCCCc1c(OP(=O)(O)O)ccc(CC)c1CC. The van der Waals surface area contributed by atoms with Crippen molar-refractivity contribution < 1.29 is 18.9 Å². The Morgan fingerprint density at radius 3 is 2.24 bits per heavy atom. The van der Waals surface area contributed by atoms with E-state index < -0.39 is 7.82 Å². The van der Waals surface area contributed by atoms with E-state index in [0.29, 0.717) is 5.75 Å². The van der Waals surface area contributed by atoms with Gasteiger partial charge in [0.2, 0.25) is 0 Å². The molecule has 0 saturated carbocycles. The van der Waals surface area contributed by atoms with E-state index in [2.05, 4.69) is 20.8 Å². The van der Waals surface area contributed by atoms with E-state index in [9.17, 15) is 4.57 Å². The van der Waals surface area contributed by atoms with Gasteiger partial charge in [-0.3, -0.25) is 9.79 Å². The van der Waals surface area contributed by atoms with E-state index in [4.69, 9.17) is 14.3 Å². The van der Waals surface area contributed by atoms with Gasteiger partial charge in [-0.2, -0.15) is 0 Å². The monoisotopic (exact) mass is 314 g/mol. The van der Waals surface area contributed by atoms with Crippen LogP contribution in [-0.4, -0.2) is 9.79 Å². The molecule has 0 aliphatic heterocycles. The molecule has 0 saturated heterocycles. The number of rotatable bonds is 9. The molecule has 0 radical (unpaired) electrons. The van der Waals surface area contributed by atoms with Crippen molar-refractivity contribution in [2.45, 2.75) is 65.7 Å². The molecular weight excluding hydrogens is 287 g/mol. The average Bonchev–Trinajstić information content (AvgIpc) is 2.42. The maximum absolute atomic E-state index is 11.2. The van der Waals surface area contributed by atoms with E-state index >= 15 is 0 Å². The minimum atomic E-state index is -4.51. The number of phosphoric ester groups is 1. The molecule has 0 amide bonds. The standard InChI is InChI=1S/C16H27O4P/c1-4-7-8-9-10-15-14(6-3)13(5-2)11-12-16(15)20-21(17,18)19/h11-12H,4-10H2,1-3H3,(H2,17,18,19). The highest BCUT2D eigenvalue weighted by Crippen LogP contribution is 2.41. The Labute approximate surface area is 127 Å². The first-order chi connectivity index (χ1) is 9.92. The van der Waals surface area contributed by atoms with Crippen LogP contribution in [0.3, 0.4) is 0 Å². The van der Waals surface area contributed by atoms with Crippen LogP contribution in [0.4, 0.5) is 0 Å². The van der Waals surface area contributed by atoms with Gasteiger partial charge >= 0.3 is 7.82 Å². The molecule has 0 bridgehead atoms. The summed E-state index contributed by atoms with van der Waals surface area (Å²) in [5.41, 5.74) is 3.39. The van der Waals surface area contributed by atoms with Gasteiger partial charge in [-0.25, -0.2) is 4.57 Å². The molecule has 0 aliphatic carbocycles. The van der Waals surface area contributed by atoms with Crippen LogP contribution in [0.2, 0.25) is 0 Å². The number of unbranched alkanes of at least 4 members (excludes halogenated alkanes) is 3. The minimum absolute atomic E-state index is 0.342. The molecule has 21 heavy (non-hydrogen) atoms. The van der Waals surface area contributed by atoms with Crippen LogP contribution >= 0.6 is 7.82 Å². The summed E-state index contributed by atoms with van der Waals surface area (Å²) in [6.45, 7) is 6.33. The van der Waals surface area contributed by atoms with Crippen LogP contribution in [0, 0.1) is 0 Å². The summed E-state index contributed by atoms with van der Waals surface area (Å²) >= 11 is 0. The average molecular weight is 314 g/mol. The molecule has 0 aliphatic rings. The van der Waals surface area contributed by atoms with Gasteiger partial charge < -0.3 is 4.52 Å². The molecule has 0 unspecified atom stereocenters. The van der Waals surface area contributed by atoms with Crippen molar-refractivity contribution in [1.29, 1.82) is 0 Å². The lowest BCUT2D eigenvalue weighted by Gasteiger charge is -2.18. The predicted octanol–water partition coefficient (Wildman–Crippen LogP) is 4.41. The van der Waals surface area contributed by atoms with E-state index in [0.717, 1.165) is 37.7 Å². The molecule has 1 aromatic rings. The van der Waals surface area contributed by atoms with Gasteiger partial charge in [-0.15, -0.1) is 0 Å². The van der Waals surface area contributed by atoms with Crippen molar-refractivity contribution in [2.75, 3.05) is 0 Å². The van der Waals surface area contributed by atoms with Gasteiger partial charge in [0.25, 0.3) is 0 Å². The third-order valence-corrected chi connectivity index (χ3v) is 4.15. The molecule has 120 valence electrons. The zero-order valence-electron chi connectivity index (χ0n) is 13.3. The van der Waals surface area contributed by atoms with Crippen molar-refractivity contribution in [3.8, 4) is 5.75 Å². The Morgan fingerprint density at radius 1 is 1.00 bits per heavy atom. The molecule has 0 aromatic heterocycles. The van der Waals surface area contributed by atoms with Crippen LogP contribution in [0.15, 0.2) is 12.1 Å². The van der Waals surface area contributed by atoms with Gasteiger partial charge in [-0.1, -0.05) is 46.1 Å². The van der Waals surface area contributed by atoms with Crippen molar-refractivity contribution in [1.82, 2.24) is 0 Å². The van der Waals surface area contributed by atoms with Crippen LogP contribution < -0.4 is 4.52 Å². The van der Waals surface area contributed by atoms with Crippen LogP contribution in [-0.2, 0) is 23.8 Å². The Balaban J connectivity index is 3.08. The highest BCUT2D eigenvalue weighted by molar-refractivity contribution is 7.46. The molecule has 4 nitrogen and oxygen atoms in total. The Morgan fingerprint density at radius 2 is 1.71 bits per heavy atom. The lowest BCUT2D eigenvalue weighted by molar-refractivity contribution is 0.282. The van der Waals surface area contributed by atoms with Gasteiger partial charge in [0.05, 0.1) is 0 Å². The van der Waals surface area contributed by atoms with Crippen LogP contribution in [0.5, 0.6) is 5.75 Å². The fourth-order valence-electron chi connectivity index (χ4n) is 2.71. The smallest absolute Gasteiger partial charge is 0.404 e. The number of phosphoric acid groups is 1. The first kappa shape index (κ1) is 18.2. The topological polar surface area (TPSA) is 66.8 Å². The fraction of sp³-hybridized carbons (Fsp3) is 0.625. The van der Waals surface area contributed by atoms with Crippen molar-refractivity contribution in [2.24, 2.45) is 0 Å². The quantitative estimate of drug-likeness (QED) is 0.523. The number of hydrogen-bond donors (Lipinski definition) is 2. The number of aryl methyl sites for hydroxylation is 1. The number of hydrogen-bond acceptors (Lipinski definition) is 2. The van der Waals surface area contributed by atoms with E-state index in [1.807, 2.05) is 6.07 Å². The summed E-state index contributed by atoms with van der Waals surface area (Å²) in [6, 6.07) is 3.62. The van der Waals surface area contributed by atoms with Gasteiger partial charge in [0.1, 0.15) is 5.75 Å². The lowest BCUT2D eigenvalue weighted by atomic mass is 9.93. The van der Waals surface area contributed by atoms with Gasteiger partial charge in [0.15, 0.2) is 0 Å². The summed E-state index contributed by atoms with van der Waals surface area (Å²) < 4.78 is 16.1. The Kier molecular flexibility index (Phi) is 7.44. The first-order valence-corrected chi connectivity index (χ1v) is 9.34. The Hall–Kier alpha value is -0.830. The summed E-state index contributed by atoms with van der Waals surface area (Å²) in [4.78, 5) is 18.2. The maximum atomic E-state index is 11.2. The third-order valence-electron chi connectivity index (χ3n) is 3.72. The Bertz CT molecular complexity index is 493. The molecule has 1 aromatic carbocycles. The molecule has 0 heterocycles. The van der Waals surface area contributed by atoms with Gasteiger partial charge in [-0.05, 0) is 48.4 Å². The summed E-state index contributed by atoms with van der Waals surface area (Å²) in [7, 11) is -4.51. The number of benzene rings is 1. The van der Waals surface area contributed by atoms with E-state index in [-0.39, 0.29) is 0 Å². The second kappa shape index (κ2) is 8.57. The molecular formula is C16H27O4P. The predicted molar refractivity (Wildman–Crippen MR) is 85.7 cm³/mol. The first-order valence-electron chi connectivity index (χ1n) is 7.81. The second-order valence-corrected chi connectivity index (χ2v) is 6.44. The van der Waals surface area contributed by atoms with Gasteiger partial charge in [0, 0.05) is 0 Å². The zero-order chi connectivity index (χ0) is 15.9. The molecule has 0 spiro atoms. The molecule has 1 rings (SSSR count). The normalized spacial score (nSPS) is 11.7. The maximum Gasteiger partial charge on any atom is 0.524 e. The highest BCUT2D eigenvalue weighted by Gasteiger charge is 2.20. The van der Waals surface area contributed by atoms with Crippen molar-refractivity contribution >= 4 is 7.82 Å². The summed E-state index contributed by atoms with van der Waals surface area (Å²) in [5.74, 6) is 0.342. The van der Waals surface area contributed by atoms with Crippen LogP contribution in [0.1, 0.15) is 63.1 Å². The molecule has 0 atom stereocenters. The van der Waals surface area contributed by atoms with E-state index in [1.165, 1.54) is 24.0 Å². The zero-order valence-corrected chi connectivity index (χ0v) is 14.2. The van der Waals surface area contributed by atoms with Crippen molar-refractivity contribution in [3.63, 3.8) is 0 Å². The lowest BCUT2D eigenvalue weighted by Crippen LogP contribution is -2.03. The molecule has 0 fully saturated rings.